The Labute approximate surface area is 262 Å². The molecule has 4 aromatic rings. The van der Waals surface area contributed by atoms with Crippen molar-refractivity contribution >= 4 is 54.7 Å². The topological polar surface area (TPSA) is 101 Å². The van der Waals surface area contributed by atoms with Crippen LogP contribution in [0.15, 0.2) is 12.1 Å². The van der Waals surface area contributed by atoms with Gasteiger partial charge >= 0.3 is 6.01 Å². The van der Waals surface area contributed by atoms with Gasteiger partial charge in [-0.3, -0.25) is 4.90 Å². The van der Waals surface area contributed by atoms with Crippen LogP contribution >= 0.6 is 22.9 Å². The number of anilines is 2. The number of thiophene rings is 1. The molecule has 3 fully saturated rings. The fraction of sp³-hybridized carbons (Fsp3) is 0.469. The highest BCUT2D eigenvalue weighted by Gasteiger charge is 2.58. The molecule has 44 heavy (non-hydrogen) atoms. The number of nitrogens with two attached hydrogens (primary N) is 1. The van der Waals surface area contributed by atoms with E-state index in [-0.39, 0.29) is 77.7 Å². The maximum Gasteiger partial charge on any atom is 0.319 e. The Bertz CT molecular complexity index is 1910. The average molecular weight is 637 g/mol. The lowest BCUT2D eigenvalue weighted by Gasteiger charge is -2.45. The summed E-state index contributed by atoms with van der Waals surface area (Å²) in [7, 11) is 2.08. The van der Waals surface area contributed by atoms with Gasteiger partial charge in [0.05, 0.1) is 27.2 Å². The molecule has 1 saturated heterocycles. The van der Waals surface area contributed by atoms with Gasteiger partial charge in [-0.25, -0.2) is 8.78 Å². The first-order valence-corrected chi connectivity index (χ1v) is 16.3. The minimum atomic E-state index is -0.713. The molecule has 12 heteroatoms. The molecule has 8 rings (SSSR count). The Morgan fingerprint density at radius 1 is 1.20 bits per heavy atom. The van der Waals surface area contributed by atoms with Crippen LogP contribution < -0.4 is 20.1 Å². The van der Waals surface area contributed by atoms with E-state index in [4.69, 9.17) is 31.8 Å². The third kappa shape index (κ3) is 4.00. The summed E-state index contributed by atoms with van der Waals surface area (Å²) in [6.45, 7) is 3.86. The van der Waals surface area contributed by atoms with Crippen molar-refractivity contribution in [2.75, 3.05) is 37.4 Å². The van der Waals surface area contributed by atoms with E-state index in [1.807, 2.05) is 6.92 Å². The summed E-state index contributed by atoms with van der Waals surface area (Å²) in [5.74, 6) is -0.428. The van der Waals surface area contributed by atoms with Crippen LogP contribution in [0.5, 0.6) is 11.8 Å². The van der Waals surface area contributed by atoms with Gasteiger partial charge in [0.1, 0.15) is 40.9 Å². The van der Waals surface area contributed by atoms with Crippen molar-refractivity contribution in [1.29, 1.82) is 5.26 Å². The molecule has 0 amide bonds. The second kappa shape index (κ2) is 10.0. The zero-order chi connectivity index (χ0) is 30.5. The van der Waals surface area contributed by atoms with E-state index >= 15 is 4.39 Å². The molecule has 2 aromatic carbocycles. The monoisotopic (exact) mass is 636 g/mol. The van der Waals surface area contributed by atoms with Crippen LogP contribution in [0.3, 0.4) is 0 Å². The Morgan fingerprint density at radius 3 is 2.70 bits per heavy atom. The summed E-state index contributed by atoms with van der Waals surface area (Å²) >= 11 is 7.99. The summed E-state index contributed by atoms with van der Waals surface area (Å²) in [6.07, 6.45) is 6.39. The number of hydrogen-bond acceptors (Lipinski definition) is 9. The highest BCUT2D eigenvalue weighted by Crippen LogP contribution is 2.63. The Morgan fingerprint density at radius 2 is 2.02 bits per heavy atom. The van der Waals surface area contributed by atoms with Gasteiger partial charge < -0.3 is 20.1 Å². The van der Waals surface area contributed by atoms with Crippen molar-refractivity contribution in [3.63, 3.8) is 0 Å². The van der Waals surface area contributed by atoms with E-state index < -0.39 is 11.6 Å². The Kier molecular flexibility index (Phi) is 6.39. The lowest BCUT2D eigenvalue weighted by Crippen LogP contribution is -2.50. The molecule has 2 N–H and O–H groups in total. The largest absolute Gasteiger partial charge is 0.489 e. The molecule has 0 bridgehead atoms. The number of benzene rings is 2. The summed E-state index contributed by atoms with van der Waals surface area (Å²) in [5, 5.41) is 10.7. The number of hydrogen-bond donors (Lipinski definition) is 1. The quantitative estimate of drug-likeness (QED) is 0.253. The summed E-state index contributed by atoms with van der Waals surface area (Å²) in [4.78, 5) is 14.1. The van der Waals surface area contributed by atoms with E-state index in [9.17, 15) is 9.65 Å². The van der Waals surface area contributed by atoms with Crippen LogP contribution in [0.2, 0.25) is 5.02 Å². The summed E-state index contributed by atoms with van der Waals surface area (Å²) in [6, 6.07) is 5.28. The number of fused-ring (bicyclic) bond motifs is 1. The van der Waals surface area contributed by atoms with Gasteiger partial charge in [-0.2, -0.15) is 15.2 Å². The van der Waals surface area contributed by atoms with Crippen molar-refractivity contribution in [3.05, 3.63) is 34.4 Å². The zero-order valence-corrected chi connectivity index (χ0v) is 26.0. The molecule has 2 aromatic heterocycles. The second-order valence-electron chi connectivity index (χ2n) is 12.6. The van der Waals surface area contributed by atoms with Gasteiger partial charge in [-0.1, -0.05) is 17.7 Å². The predicted octanol–water partition coefficient (Wildman–Crippen LogP) is 6.90. The van der Waals surface area contributed by atoms with Crippen LogP contribution in [0.4, 0.5) is 19.6 Å². The van der Waals surface area contributed by atoms with Gasteiger partial charge in [0, 0.05) is 23.0 Å². The molecule has 4 heterocycles. The maximum absolute atomic E-state index is 17.1. The third-order valence-corrected chi connectivity index (χ3v) is 11.7. The molecule has 4 aliphatic rings. The SMILES string of the molecule is C[C@H](Oc1nc2c3c(c(Cl)c(-c4ccc(F)c5sc(N)c(C#N)c45)c(F)c3n1)OCCN2C1CCC12CC2)[C@@H]1CCCN1C. The van der Waals surface area contributed by atoms with Crippen molar-refractivity contribution in [1.82, 2.24) is 14.9 Å². The van der Waals surface area contributed by atoms with Gasteiger partial charge in [0.2, 0.25) is 0 Å². The molecular formula is C32H31ClF2N6O2S. The van der Waals surface area contributed by atoms with Gasteiger partial charge in [0.15, 0.2) is 11.6 Å². The number of nitrogens with zero attached hydrogens (tertiary/aromatic N) is 5. The molecule has 0 radical (unpaired) electrons. The molecule has 8 nitrogen and oxygen atoms in total. The summed E-state index contributed by atoms with van der Waals surface area (Å²) < 4.78 is 44.9. The van der Waals surface area contributed by atoms with Crippen LogP contribution in [0.1, 0.15) is 51.0 Å². The van der Waals surface area contributed by atoms with Gasteiger partial charge in [0.25, 0.3) is 0 Å². The first-order valence-electron chi connectivity index (χ1n) is 15.1. The van der Waals surface area contributed by atoms with E-state index in [1.54, 1.807) is 0 Å². The molecule has 2 aliphatic carbocycles. The fourth-order valence-corrected chi connectivity index (χ4v) is 9.00. The smallest absolute Gasteiger partial charge is 0.319 e. The number of nitriles is 1. The number of ether oxygens (including phenoxy) is 2. The first kappa shape index (κ1) is 28.0. The van der Waals surface area contributed by atoms with Crippen molar-refractivity contribution < 1.29 is 18.3 Å². The van der Waals surface area contributed by atoms with E-state index in [2.05, 4.69) is 27.9 Å². The Hall–Kier alpha value is -3.46. The normalized spacial score (nSPS) is 23.0. The van der Waals surface area contributed by atoms with E-state index in [0.717, 1.165) is 37.1 Å². The minimum absolute atomic E-state index is 0.0154. The second-order valence-corrected chi connectivity index (χ2v) is 14.0. The molecule has 1 unspecified atom stereocenters. The third-order valence-electron chi connectivity index (χ3n) is 10.3. The molecule has 228 valence electrons. The predicted molar refractivity (Wildman–Crippen MR) is 168 cm³/mol. The number of likely N-dealkylation sites (tertiary alicyclic amines) is 1. The number of nitrogen functional groups attached to an aromatic ring is 1. The van der Waals surface area contributed by atoms with Crippen LogP contribution in [0, 0.1) is 28.4 Å². The van der Waals surface area contributed by atoms with E-state index in [0.29, 0.717) is 24.4 Å². The molecule has 1 spiro atoms. The highest BCUT2D eigenvalue weighted by molar-refractivity contribution is 7.23. The number of aromatic nitrogens is 2. The van der Waals surface area contributed by atoms with Crippen LogP contribution in [0.25, 0.3) is 32.1 Å². The Balaban J connectivity index is 1.37. The molecule has 2 aliphatic heterocycles. The molecule has 2 saturated carbocycles. The molecule has 3 atom stereocenters. The van der Waals surface area contributed by atoms with Gasteiger partial charge in [-0.05, 0) is 76.1 Å². The van der Waals surface area contributed by atoms with Crippen molar-refractivity contribution in [2.24, 2.45) is 5.41 Å². The number of halogens is 3. The lowest BCUT2D eigenvalue weighted by molar-refractivity contribution is 0.112. The van der Waals surface area contributed by atoms with Crippen LogP contribution in [-0.4, -0.2) is 59.8 Å². The number of likely N-dealkylation sites (N-methyl/N-ethyl adjacent to an activating group) is 1. The lowest BCUT2D eigenvalue weighted by atomic mass is 9.75. The zero-order valence-electron chi connectivity index (χ0n) is 24.4. The number of rotatable bonds is 5. The standard InChI is InChI=1S/C32H31ClF2N6O2S/c1-15(19-4-3-11-40(19)2)43-31-38-26-23-27(42-13-12-41(30(23)39-31)20-7-8-32(20)9-10-32)24(33)22(25(26)35)16-5-6-18(34)28-21(16)17(14-36)29(37)44-28/h5-6,15,19-20H,3-4,7-13,37H2,1-2H3/t15-,19-,20?/m0/s1. The van der Waals surface area contributed by atoms with Gasteiger partial charge in [-0.15, -0.1) is 11.3 Å². The molecular weight excluding hydrogens is 606 g/mol. The van der Waals surface area contributed by atoms with Crippen molar-refractivity contribution in [2.45, 2.75) is 63.6 Å². The van der Waals surface area contributed by atoms with E-state index in [1.165, 1.54) is 31.4 Å². The van der Waals surface area contributed by atoms with Crippen molar-refractivity contribution in [3.8, 4) is 29.0 Å². The first-order chi connectivity index (χ1) is 21.2. The highest BCUT2D eigenvalue weighted by atomic mass is 35.5. The van der Waals surface area contributed by atoms with Crippen LogP contribution in [-0.2, 0) is 0 Å². The minimum Gasteiger partial charge on any atom is -0.489 e. The maximum atomic E-state index is 17.1. The fourth-order valence-electron chi connectivity index (χ4n) is 7.72. The summed E-state index contributed by atoms with van der Waals surface area (Å²) in [5.41, 5.74) is 6.69. The average Bonchev–Trinajstić information content (AvgIpc) is 3.66.